The molecule has 3 atom stereocenters. The third kappa shape index (κ3) is 3.97. The Morgan fingerprint density at radius 2 is 1.69 bits per heavy atom. The molecular formula is C22H19FN2O3S. The van der Waals surface area contributed by atoms with Gasteiger partial charge in [-0.2, -0.15) is 0 Å². The number of aliphatic hydroxyl groups is 1. The monoisotopic (exact) mass is 410 g/mol. The topological polar surface area (TPSA) is 73.7 Å². The molecular weight excluding hydrogens is 391 g/mol. The second-order valence-electron chi connectivity index (χ2n) is 6.77. The molecule has 3 aromatic rings. The minimum absolute atomic E-state index is 0.0957. The predicted octanol–water partition coefficient (Wildman–Crippen LogP) is 3.85. The Balaban J connectivity index is 1.56. The third-order valence-electron chi connectivity index (χ3n) is 4.91. The van der Waals surface area contributed by atoms with Crippen molar-refractivity contribution in [1.82, 2.24) is 4.98 Å². The van der Waals surface area contributed by atoms with Crippen LogP contribution in [0.1, 0.15) is 23.3 Å². The summed E-state index contributed by atoms with van der Waals surface area (Å²) in [7, 11) is 0. The van der Waals surface area contributed by atoms with Crippen LogP contribution in [0.3, 0.4) is 0 Å². The summed E-state index contributed by atoms with van der Waals surface area (Å²) in [6.45, 7) is 0. The van der Waals surface area contributed by atoms with Crippen molar-refractivity contribution in [2.45, 2.75) is 17.4 Å². The van der Waals surface area contributed by atoms with Crippen LogP contribution in [0.4, 0.5) is 10.1 Å². The van der Waals surface area contributed by atoms with Gasteiger partial charge in [-0.1, -0.05) is 12.1 Å². The standard InChI is InChI=1S/C22H19FN2O3S/c23-16-3-5-17(6-4-16)25-20(15-1-7-18(26)8-2-15)21(22(25)28)29-13-19(27)14-9-11-24-12-10-14/h1-12,19-21,26-27H,13H2/t19-,20+,21+/m0/s1. The van der Waals surface area contributed by atoms with Gasteiger partial charge < -0.3 is 15.1 Å². The van der Waals surface area contributed by atoms with Gasteiger partial charge in [-0.05, 0) is 59.7 Å². The molecule has 0 spiro atoms. The van der Waals surface area contributed by atoms with E-state index in [1.807, 2.05) is 0 Å². The van der Waals surface area contributed by atoms with Crippen LogP contribution in [0, 0.1) is 5.82 Å². The maximum absolute atomic E-state index is 13.3. The highest BCUT2D eigenvalue weighted by Gasteiger charge is 2.49. The SMILES string of the molecule is O=C1[C@H](SC[C@H](O)c2ccncc2)[C@@H](c2ccc(O)cc2)N1c1ccc(F)cc1. The number of phenols is 1. The first-order valence-electron chi connectivity index (χ1n) is 9.12. The quantitative estimate of drug-likeness (QED) is 0.604. The summed E-state index contributed by atoms with van der Waals surface area (Å²) in [5.74, 6) is 0.0349. The molecule has 5 nitrogen and oxygen atoms in total. The van der Waals surface area contributed by atoms with Crippen LogP contribution < -0.4 is 4.90 Å². The number of pyridine rings is 1. The third-order valence-corrected chi connectivity index (χ3v) is 6.24. The minimum atomic E-state index is -0.712. The molecule has 7 heteroatoms. The number of anilines is 1. The van der Waals surface area contributed by atoms with E-state index in [0.717, 1.165) is 11.1 Å². The molecule has 1 saturated heterocycles. The molecule has 2 N–H and O–H groups in total. The Kier molecular flexibility index (Phi) is 5.51. The van der Waals surface area contributed by atoms with Gasteiger partial charge >= 0.3 is 0 Å². The molecule has 2 heterocycles. The van der Waals surface area contributed by atoms with Crippen LogP contribution >= 0.6 is 11.8 Å². The molecule has 4 rings (SSSR count). The van der Waals surface area contributed by atoms with E-state index < -0.39 is 6.10 Å². The normalized spacial score (nSPS) is 19.7. The van der Waals surface area contributed by atoms with E-state index in [1.54, 1.807) is 65.8 Å². The summed E-state index contributed by atoms with van der Waals surface area (Å²) < 4.78 is 13.3. The number of aromatic hydroxyl groups is 1. The van der Waals surface area contributed by atoms with Crippen molar-refractivity contribution in [1.29, 1.82) is 0 Å². The summed E-state index contributed by atoms with van der Waals surface area (Å²) in [4.78, 5) is 18.5. The summed E-state index contributed by atoms with van der Waals surface area (Å²) in [6.07, 6.45) is 2.52. The maximum atomic E-state index is 13.3. The van der Waals surface area contributed by atoms with E-state index in [4.69, 9.17) is 0 Å². The Hall–Kier alpha value is -2.90. The Bertz CT molecular complexity index is 983. The molecule has 1 aliphatic heterocycles. The van der Waals surface area contributed by atoms with E-state index in [9.17, 15) is 19.4 Å². The predicted molar refractivity (Wildman–Crippen MR) is 110 cm³/mol. The van der Waals surface area contributed by atoms with Crippen LogP contribution in [-0.4, -0.2) is 32.1 Å². The zero-order chi connectivity index (χ0) is 20.4. The van der Waals surface area contributed by atoms with Crippen molar-refractivity contribution in [2.75, 3.05) is 10.7 Å². The molecule has 1 aliphatic rings. The Morgan fingerprint density at radius 3 is 2.34 bits per heavy atom. The number of hydrogen-bond donors (Lipinski definition) is 2. The zero-order valence-electron chi connectivity index (χ0n) is 15.4. The fraction of sp³-hybridized carbons (Fsp3) is 0.182. The van der Waals surface area contributed by atoms with Crippen molar-refractivity contribution >= 4 is 23.4 Å². The second-order valence-corrected chi connectivity index (χ2v) is 7.95. The molecule has 1 aromatic heterocycles. The number of aliphatic hydroxyl groups excluding tert-OH is 1. The lowest BCUT2D eigenvalue weighted by molar-refractivity contribution is -0.123. The van der Waals surface area contributed by atoms with Crippen molar-refractivity contribution < 1.29 is 19.4 Å². The lowest BCUT2D eigenvalue weighted by Gasteiger charge is -2.47. The van der Waals surface area contributed by atoms with E-state index >= 15 is 0 Å². The van der Waals surface area contributed by atoms with Gasteiger partial charge in [0.25, 0.3) is 0 Å². The largest absolute Gasteiger partial charge is 0.508 e. The maximum Gasteiger partial charge on any atom is 0.243 e. The first-order chi connectivity index (χ1) is 14.0. The van der Waals surface area contributed by atoms with Gasteiger partial charge in [0.15, 0.2) is 0 Å². The second kappa shape index (κ2) is 8.23. The van der Waals surface area contributed by atoms with Gasteiger partial charge in [-0.3, -0.25) is 9.78 Å². The number of benzene rings is 2. The van der Waals surface area contributed by atoms with Crippen molar-refractivity contribution in [3.05, 3.63) is 90.0 Å². The molecule has 0 aliphatic carbocycles. The average molecular weight is 410 g/mol. The molecule has 0 radical (unpaired) electrons. The lowest BCUT2D eigenvalue weighted by atomic mass is 9.92. The number of thioether (sulfide) groups is 1. The molecule has 1 amide bonds. The number of nitrogens with zero attached hydrogens (tertiary/aromatic N) is 2. The molecule has 148 valence electrons. The number of phenolic OH excluding ortho intramolecular Hbond substituents is 1. The van der Waals surface area contributed by atoms with Crippen LogP contribution in [-0.2, 0) is 4.79 Å². The molecule has 0 unspecified atom stereocenters. The van der Waals surface area contributed by atoms with Crippen molar-refractivity contribution in [2.24, 2.45) is 0 Å². The zero-order valence-corrected chi connectivity index (χ0v) is 16.2. The van der Waals surface area contributed by atoms with E-state index in [-0.39, 0.29) is 28.8 Å². The van der Waals surface area contributed by atoms with Gasteiger partial charge in [-0.15, -0.1) is 11.8 Å². The first kappa shape index (κ1) is 19.4. The lowest BCUT2D eigenvalue weighted by Crippen LogP contribution is -2.57. The van der Waals surface area contributed by atoms with Crippen LogP contribution in [0.15, 0.2) is 73.1 Å². The molecule has 0 bridgehead atoms. The van der Waals surface area contributed by atoms with Gasteiger partial charge in [0.05, 0.1) is 12.1 Å². The fourth-order valence-corrected chi connectivity index (χ4v) is 4.69. The van der Waals surface area contributed by atoms with Gasteiger partial charge in [0.2, 0.25) is 5.91 Å². The summed E-state index contributed by atoms with van der Waals surface area (Å²) in [6, 6.07) is 15.7. The summed E-state index contributed by atoms with van der Waals surface area (Å²) >= 11 is 1.38. The molecule has 29 heavy (non-hydrogen) atoms. The van der Waals surface area contributed by atoms with Crippen LogP contribution in [0.2, 0.25) is 0 Å². The van der Waals surface area contributed by atoms with E-state index in [0.29, 0.717) is 11.4 Å². The number of halogens is 1. The minimum Gasteiger partial charge on any atom is -0.508 e. The van der Waals surface area contributed by atoms with Crippen LogP contribution in [0.25, 0.3) is 0 Å². The number of rotatable bonds is 6. The number of amides is 1. The van der Waals surface area contributed by atoms with E-state index in [1.165, 1.54) is 23.9 Å². The van der Waals surface area contributed by atoms with Gasteiger partial charge in [-0.25, -0.2) is 4.39 Å². The average Bonchev–Trinajstić information content (AvgIpc) is 2.74. The molecule has 0 saturated carbocycles. The molecule has 1 fully saturated rings. The van der Waals surface area contributed by atoms with Crippen molar-refractivity contribution in [3.8, 4) is 5.75 Å². The van der Waals surface area contributed by atoms with Crippen molar-refractivity contribution in [3.63, 3.8) is 0 Å². The highest BCUT2D eigenvalue weighted by atomic mass is 32.2. The van der Waals surface area contributed by atoms with Gasteiger partial charge in [0, 0.05) is 23.8 Å². The Labute approximate surface area is 171 Å². The van der Waals surface area contributed by atoms with Crippen LogP contribution in [0.5, 0.6) is 5.75 Å². The number of carbonyl (C=O) groups excluding carboxylic acids is 1. The highest BCUT2D eigenvalue weighted by Crippen LogP contribution is 2.46. The number of hydrogen-bond acceptors (Lipinski definition) is 5. The number of carbonyl (C=O) groups is 1. The molecule has 2 aromatic carbocycles. The summed E-state index contributed by atoms with van der Waals surface area (Å²) in [5.41, 5.74) is 2.22. The first-order valence-corrected chi connectivity index (χ1v) is 10.2. The fourth-order valence-electron chi connectivity index (χ4n) is 3.39. The summed E-state index contributed by atoms with van der Waals surface area (Å²) in [5, 5.41) is 19.6. The number of aromatic nitrogens is 1. The highest BCUT2D eigenvalue weighted by molar-refractivity contribution is 8.00. The smallest absolute Gasteiger partial charge is 0.243 e. The van der Waals surface area contributed by atoms with E-state index in [2.05, 4.69) is 4.98 Å². The van der Waals surface area contributed by atoms with Gasteiger partial charge in [0.1, 0.15) is 16.8 Å². The Morgan fingerprint density at radius 1 is 1.03 bits per heavy atom. The number of β-lactam (4-membered cyclic amide) rings is 1.